The highest BCUT2D eigenvalue weighted by molar-refractivity contribution is 6.12. The van der Waals surface area contributed by atoms with Gasteiger partial charge in [0.25, 0.3) is 0 Å². The van der Waals surface area contributed by atoms with E-state index in [0.29, 0.717) is 46.0 Å². The largest absolute Gasteiger partial charge is 0.493 e. The minimum absolute atomic E-state index is 0.180. The summed E-state index contributed by atoms with van der Waals surface area (Å²) in [5.74, 6) is -2.64. The van der Waals surface area contributed by atoms with Gasteiger partial charge in [0.05, 0.1) is 39.4 Å². The van der Waals surface area contributed by atoms with Crippen molar-refractivity contribution in [3.05, 3.63) is 46.3 Å². The molecule has 0 fully saturated rings. The fraction of sp³-hybridized carbons (Fsp3) is 0.458. The number of benzene rings is 1. The first kappa shape index (κ1) is 23.4. The van der Waals surface area contributed by atoms with Crippen LogP contribution in [0.25, 0.3) is 0 Å². The third-order valence-corrected chi connectivity index (χ3v) is 5.98. The van der Waals surface area contributed by atoms with Crippen LogP contribution in [0, 0.1) is 11.8 Å². The summed E-state index contributed by atoms with van der Waals surface area (Å²) >= 11 is 0. The second kappa shape index (κ2) is 9.46. The Bertz CT molecular complexity index is 1010. The number of para-hydroxylation sites is 1. The Hall–Kier alpha value is -3.29. The highest BCUT2D eigenvalue weighted by atomic mass is 16.5. The second-order valence-corrected chi connectivity index (χ2v) is 7.84. The topological polar surface area (TPSA) is 100 Å². The molecule has 0 saturated heterocycles. The SMILES string of the molecule is CCOC(=O)C1=C(C)NC2=C(C(=O)[C@@H](C(=O)OC)[C@H](C)C2)[C@H]1c1cccc(OC)c1OC. The lowest BCUT2D eigenvalue weighted by Gasteiger charge is -2.38. The number of rotatable bonds is 6. The van der Waals surface area contributed by atoms with E-state index in [-0.39, 0.29) is 18.3 Å². The van der Waals surface area contributed by atoms with Crippen molar-refractivity contribution in [2.75, 3.05) is 27.9 Å². The molecule has 32 heavy (non-hydrogen) atoms. The molecule has 172 valence electrons. The number of Topliss-reactive ketones (excluding diaryl/α,β-unsaturated/α-hetero) is 1. The van der Waals surface area contributed by atoms with Crippen LogP contribution in [0.1, 0.15) is 38.7 Å². The third kappa shape index (κ3) is 3.85. The van der Waals surface area contributed by atoms with E-state index in [2.05, 4.69) is 5.32 Å². The quantitative estimate of drug-likeness (QED) is 0.529. The summed E-state index contributed by atoms with van der Waals surface area (Å²) in [6.07, 6.45) is 0.455. The van der Waals surface area contributed by atoms with Gasteiger partial charge in [-0.15, -0.1) is 0 Å². The molecule has 1 heterocycles. The maximum atomic E-state index is 13.7. The van der Waals surface area contributed by atoms with Gasteiger partial charge < -0.3 is 24.3 Å². The van der Waals surface area contributed by atoms with Crippen LogP contribution < -0.4 is 14.8 Å². The maximum absolute atomic E-state index is 13.7. The molecule has 8 nitrogen and oxygen atoms in total. The van der Waals surface area contributed by atoms with Crippen LogP contribution >= 0.6 is 0 Å². The zero-order chi connectivity index (χ0) is 23.6. The van der Waals surface area contributed by atoms with E-state index in [1.165, 1.54) is 21.3 Å². The summed E-state index contributed by atoms with van der Waals surface area (Å²) in [6.45, 7) is 5.51. The molecule has 1 aromatic rings. The van der Waals surface area contributed by atoms with Crippen molar-refractivity contribution < 1.29 is 33.3 Å². The first-order valence-corrected chi connectivity index (χ1v) is 10.5. The maximum Gasteiger partial charge on any atom is 0.336 e. The number of carbonyl (C=O) groups excluding carboxylic acids is 3. The van der Waals surface area contributed by atoms with Crippen LogP contribution in [0.15, 0.2) is 40.7 Å². The Balaban J connectivity index is 2.28. The van der Waals surface area contributed by atoms with Gasteiger partial charge >= 0.3 is 11.9 Å². The lowest BCUT2D eigenvalue weighted by molar-refractivity contribution is -0.151. The predicted octanol–water partition coefficient (Wildman–Crippen LogP) is 2.88. The number of methoxy groups -OCH3 is 3. The number of hydrogen-bond acceptors (Lipinski definition) is 8. The molecule has 2 aliphatic rings. The van der Waals surface area contributed by atoms with Crippen LogP contribution in [0.4, 0.5) is 0 Å². The molecule has 1 aliphatic heterocycles. The first-order valence-electron chi connectivity index (χ1n) is 10.5. The van der Waals surface area contributed by atoms with Gasteiger partial charge in [-0.3, -0.25) is 9.59 Å². The van der Waals surface area contributed by atoms with Gasteiger partial charge in [-0.05, 0) is 32.3 Å². The van der Waals surface area contributed by atoms with Crippen LogP contribution in [-0.2, 0) is 23.9 Å². The van der Waals surface area contributed by atoms with Crippen molar-refractivity contribution >= 4 is 17.7 Å². The van der Waals surface area contributed by atoms with E-state index >= 15 is 0 Å². The molecule has 0 bridgehead atoms. The molecule has 1 aliphatic carbocycles. The Kier molecular flexibility index (Phi) is 6.91. The molecular formula is C24H29NO7. The average molecular weight is 443 g/mol. The minimum Gasteiger partial charge on any atom is -0.493 e. The van der Waals surface area contributed by atoms with Crippen molar-refractivity contribution in [1.29, 1.82) is 0 Å². The highest BCUT2D eigenvalue weighted by Gasteiger charge is 2.48. The monoisotopic (exact) mass is 443 g/mol. The van der Waals surface area contributed by atoms with Crippen LogP contribution in [0.5, 0.6) is 11.5 Å². The molecule has 3 atom stereocenters. The van der Waals surface area contributed by atoms with E-state index in [0.717, 1.165) is 0 Å². The van der Waals surface area contributed by atoms with Crippen molar-refractivity contribution in [1.82, 2.24) is 5.32 Å². The molecule has 0 spiro atoms. The molecule has 1 N–H and O–H groups in total. The number of hydrogen-bond donors (Lipinski definition) is 1. The summed E-state index contributed by atoms with van der Waals surface area (Å²) in [7, 11) is 4.28. The van der Waals surface area contributed by atoms with Gasteiger partial charge in [0.15, 0.2) is 17.3 Å². The Labute approximate surface area is 187 Å². The number of allylic oxidation sites excluding steroid dienone is 3. The van der Waals surface area contributed by atoms with Crippen molar-refractivity contribution in [2.24, 2.45) is 11.8 Å². The fourth-order valence-electron chi connectivity index (χ4n) is 4.61. The summed E-state index contributed by atoms with van der Waals surface area (Å²) in [4.78, 5) is 39.2. The van der Waals surface area contributed by atoms with Gasteiger partial charge in [-0.1, -0.05) is 19.1 Å². The van der Waals surface area contributed by atoms with Gasteiger partial charge in [-0.2, -0.15) is 0 Å². The molecule has 0 unspecified atom stereocenters. The van der Waals surface area contributed by atoms with E-state index in [1.54, 1.807) is 32.0 Å². The van der Waals surface area contributed by atoms with Crippen molar-refractivity contribution in [2.45, 2.75) is 33.1 Å². The molecule has 1 aromatic carbocycles. The van der Waals surface area contributed by atoms with Gasteiger partial charge in [0.1, 0.15) is 5.92 Å². The van der Waals surface area contributed by atoms with Gasteiger partial charge in [0, 0.05) is 22.5 Å². The summed E-state index contributed by atoms with van der Waals surface area (Å²) < 4.78 is 21.3. The molecule has 0 saturated carbocycles. The second-order valence-electron chi connectivity index (χ2n) is 7.84. The highest BCUT2D eigenvalue weighted by Crippen LogP contribution is 2.49. The van der Waals surface area contributed by atoms with Crippen LogP contribution in [-0.4, -0.2) is 45.7 Å². The van der Waals surface area contributed by atoms with E-state index in [9.17, 15) is 14.4 Å². The molecule has 0 radical (unpaired) electrons. The average Bonchev–Trinajstić information content (AvgIpc) is 2.77. The Morgan fingerprint density at radius 3 is 2.47 bits per heavy atom. The zero-order valence-electron chi connectivity index (χ0n) is 19.2. The first-order chi connectivity index (χ1) is 15.3. The summed E-state index contributed by atoms with van der Waals surface area (Å²) in [6, 6.07) is 5.29. The minimum atomic E-state index is -0.957. The summed E-state index contributed by atoms with van der Waals surface area (Å²) in [5.41, 5.74) is 2.49. The Morgan fingerprint density at radius 2 is 1.88 bits per heavy atom. The number of nitrogens with one attached hydrogen (secondary N) is 1. The smallest absolute Gasteiger partial charge is 0.336 e. The number of ether oxygens (including phenoxy) is 4. The van der Waals surface area contributed by atoms with E-state index in [4.69, 9.17) is 18.9 Å². The number of ketones is 1. The number of carbonyl (C=O) groups is 3. The fourth-order valence-corrected chi connectivity index (χ4v) is 4.61. The molecule has 0 amide bonds. The number of esters is 2. The van der Waals surface area contributed by atoms with Crippen LogP contribution in [0.3, 0.4) is 0 Å². The lowest BCUT2D eigenvalue weighted by Crippen LogP contribution is -2.43. The van der Waals surface area contributed by atoms with Gasteiger partial charge in [-0.25, -0.2) is 4.79 Å². The van der Waals surface area contributed by atoms with Crippen molar-refractivity contribution in [3.8, 4) is 11.5 Å². The standard InChI is InChI=1S/C24H29NO7/c1-7-32-24(28)18-13(3)25-15-11-12(2)17(23(27)31-6)21(26)20(15)19(18)14-9-8-10-16(29-4)22(14)30-5/h8-10,12,17,19,25H,7,11H2,1-6H3/t12-,17+,19+/m1/s1. The molecule has 8 heteroatoms. The molecular weight excluding hydrogens is 414 g/mol. The number of dihydropyridines is 1. The molecule has 0 aromatic heterocycles. The third-order valence-electron chi connectivity index (χ3n) is 5.98. The van der Waals surface area contributed by atoms with Crippen molar-refractivity contribution in [3.63, 3.8) is 0 Å². The zero-order valence-corrected chi connectivity index (χ0v) is 19.2. The summed E-state index contributed by atoms with van der Waals surface area (Å²) in [5, 5.41) is 3.23. The van der Waals surface area contributed by atoms with Crippen LogP contribution in [0.2, 0.25) is 0 Å². The predicted molar refractivity (Wildman–Crippen MR) is 116 cm³/mol. The van der Waals surface area contributed by atoms with Gasteiger partial charge in [0.2, 0.25) is 0 Å². The molecule has 3 rings (SSSR count). The van der Waals surface area contributed by atoms with E-state index in [1.807, 2.05) is 6.92 Å². The lowest BCUT2D eigenvalue weighted by atomic mass is 9.69. The normalized spacial score (nSPS) is 22.7. The van der Waals surface area contributed by atoms with E-state index < -0.39 is 23.8 Å². The Morgan fingerprint density at radius 1 is 1.16 bits per heavy atom.